The first-order chi connectivity index (χ1) is 12.5. The molecule has 5 nitrogen and oxygen atoms in total. The number of nitrogens with one attached hydrogen (secondary N) is 1. The van der Waals surface area contributed by atoms with Gasteiger partial charge in [0.1, 0.15) is 5.15 Å². The molecule has 1 aliphatic heterocycles. The Bertz CT molecular complexity index is 1030. The SMILES string of the molecule is Clc1cc(Cl)c(NN=Cc2cc3cc4c(cc3nc2Cl)OCO4)c(Cl)c1. The van der Waals surface area contributed by atoms with Crippen LogP contribution in [-0.4, -0.2) is 18.0 Å². The topological polar surface area (TPSA) is 55.7 Å². The zero-order chi connectivity index (χ0) is 18.3. The molecule has 0 unspecified atom stereocenters. The molecule has 0 aliphatic carbocycles. The average Bonchev–Trinajstić information content (AvgIpc) is 3.02. The minimum absolute atomic E-state index is 0.195. The molecular weight excluding hydrogens is 420 g/mol. The van der Waals surface area contributed by atoms with Crippen LogP contribution >= 0.6 is 46.4 Å². The molecule has 2 aromatic carbocycles. The number of benzene rings is 2. The first-order valence-corrected chi connectivity index (χ1v) is 8.86. The summed E-state index contributed by atoms with van der Waals surface area (Å²) in [6.07, 6.45) is 1.53. The van der Waals surface area contributed by atoms with Gasteiger partial charge in [-0.05, 0) is 24.3 Å². The summed E-state index contributed by atoms with van der Waals surface area (Å²) in [4.78, 5) is 4.37. The number of fused-ring (bicyclic) bond motifs is 2. The van der Waals surface area contributed by atoms with Crippen molar-refractivity contribution in [3.8, 4) is 11.5 Å². The Labute approximate surface area is 168 Å². The van der Waals surface area contributed by atoms with Gasteiger partial charge in [-0.3, -0.25) is 5.43 Å². The molecular formula is C17H9Cl4N3O2. The molecule has 0 fully saturated rings. The van der Waals surface area contributed by atoms with Crippen LogP contribution in [0.25, 0.3) is 10.9 Å². The van der Waals surface area contributed by atoms with Gasteiger partial charge in [0.15, 0.2) is 11.5 Å². The number of hydrazone groups is 1. The zero-order valence-corrected chi connectivity index (χ0v) is 15.9. The molecule has 3 aromatic rings. The van der Waals surface area contributed by atoms with E-state index in [0.29, 0.717) is 48.5 Å². The molecule has 1 N–H and O–H groups in total. The molecule has 132 valence electrons. The van der Waals surface area contributed by atoms with Crippen LogP contribution in [0.2, 0.25) is 20.2 Å². The minimum Gasteiger partial charge on any atom is -0.454 e. The van der Waals surface area contributed by atoms with E-state index in [1.807, 2.05) is 12.1 Å². The van der Waals surface area contributed by atoms with Crippen LogP contribution < -0.4 is 14.9 Å². The number of ether oxygens (including phenoxy) is 2. The van der Waals surface area contributed by atoms with E-state index >= 15 is 0 Å². The van der Waals surface area contributed by atoms with E-state index in [-0.39, 0.29) is 6.79 Å². The normalized spacial score (nSPS) is 12.9. The lowest BCUT2D eigenvalue weighted by Gasteiger charge is -2.07. The van der Waals surface area contributed by atoms with Crippen molar-refractivity contribution < 1.29 is 9.47 Å². The molecule has 0 saturated heterocycles. The Hall–Kier alpha value is -1.92. The second kappa shape index (κ2) is 7.00. The third kappa shape index (κ3) is 3.35. The second-order valence-corrected chi connectivity index (χ2v) is 6.99. The maximum Gasteiger partial charge on any atom is 0.231 e. The summed E-state index contributed by atoms with van der Waals surface area (Å²) in [5.41, 5.74) is 4.56. The Balaban J connectivity index is 1.64. The highest BCUT2D eigenvalue weighted by Crippen LogP contribution is 2.36. The number of nitrogens with zero attached hydrogens (tertiary/aromatic N) is 2. The van der Waals surface area contributed by atoms with Crippen LogP contribution in [0.3, 0.4) is 0 Å². The lowest BCUT2D eigenvalue weighted by atomic mass is 10.1. The van der Waals surface area contributed by atoms with Crippen molar-refractivity contribution in [2.24, 2.45) is 5.10 Å². The van der Waals surface area contributed by atoms with Gasteiger partial charge in [-0.25, -0.2) is 4.98 Å². The van der Waals surface area contributed by atoms with Gasteiger partial charge in [0.25, 0.3) is 0 Å². The van der Waals surface area contributed by atoms with Crippen LogP contribution in [0.5, 0.6) is 11.5 Å². The molecule has 0 radical (unpaired) electrons. The number of rotatable bonds is 3. The molecule has 0 spiro atoms. The second-order valence-electron chi connectivity index (χ2n) is 5.38. The predicted octanol–water partition coefficient (Wildman–Crippen LogP) is 6.02. The van der Waals surface area contributed by atoms with E-state index in [1.54, 1.807) is 18.2 Å². The molecule has 1 aliphatic rings. The highest BCUT2D eigenvalue weighted by Gasteiger charge is 2.15. The lowest BCUT2D eigenvalue weighted by Crippen LogP contribution is -1.95. The molecule has 9 heteroatoms. The van der Waals surface area contributed by atoms with Crippen molar-refractivity contribution in [1.82, 2.24) is 4.98 Å². The maximum absolute atomic E-state index is 6.25. The molecule has 1 aromatic heterocycles. The summed E-state index contributed by atoms with van der Waals surface area (Å²) in [6, 6.07) is 8.62. The molecule has 2 heterocycles. The van der Waals surface area contributed by atoms with Crippen molar-refractivity contribution >= 4 is 69.2 Å². The van der Waals surface area contributed by atoms with Gasteiger partial charge in [-0.2, -0.15) is 5.10 Å². The van der Waals surface area contributed by atoms with Crippen molar-refractivity contribution in [2.45, 2.75) is 0 Å². The van der Waals surface area contributed by atoms with Gasteiger partial charge >= 0.3 is 0 Å². The summed E-state index contributed by atoms with van der Waals surface area (Å²) in [5.74, 6) is 1.32. The number of aromatic nitrogens is 1. The third-order valence-corrected chi connectivity index (χ3v) is 4.79. The van der Waals surface area contributed by atoms with E-state index in [1.165, 1.54) is 6.21 Å². The standard InChI is InChI=1S/C17H9Cl4N3O2/c18-10-3-11(19)16(12(20)4-10)24-22-6-9-1-8-2-14-15(26-7-25-14)5-13(8)23-17(9)21/h1-6,24H,7H2. The lowest BCUT2D eigenvalue weighted by molar-refractivity contribution is 0.174. The monoisotopic (exact) mass is 427 g/mol. The van der Waals surface area contributed by atoms with Crippen LogP contribution in [-0.2, 0) is 0 Å². The van der Waals surface area contributed by atoms with Crippen molar-refractivity contribution in [3.05, 3.63) is 56.1 Å². The number of halogens is 4. The predicted molar refractivity (Wildman–Crippen MR) is 106 cm³/mol. The Morgan fingerprint density at radius 1 is 0.962 bits per heavy atom. The van der Waals surface area contributed by atoms with E-state index in [9.17, 15) is 0 Å². The van der Waals surface area contributed by atoms with Gasteiger partial charge in [-0.15, -0.1) is 0 Å². The van der Waals surface area contributed by atoms with E-state index in [2.05, 4.69) is 15.5 Å². The number of anilines is 1. The third-order valence-electron chi connectivity index (χ3n) is 3.68. The Kier molecular flexibility index (Phi) is 4.71. The van der Waals surface area contributed by atoms with Crippen LogP contribution in [0.1, 0.15) is 5.56 Å². The zero-order valence-electron chi connectivity index (χ0n) is 12.9. The molecule has 0 atom stereocenters. The number of hydrogen-bond acceptors (Lipinski definition) is 5. The highest BCUT2D eigenvalue weighted by atomic mass is 35.5. The van der Waals surface area contributed by atoms with Crippen LogP contribution in [0, 0.1) is 0 Å². The molecule has 0 saturated carbocycles. The van der Waals surface area contributed by atoms with Gasteiger partial charge in [0.05, 0.1) is 27.5 Å². The highest BCUT2D eigenvalue weighted by molar-refractivity contribution is 6.41. The quantitative estimate of drug-likeness (QED) is 0.314. The van der Waals surface area contributed by atoms with Gasteiger partial charge < -0.3 is 9.47 Å². The van der Waals surface area contributed by atoms with Crippen LogP contribution in [0.15, 0.2) is 35.4 Å². The summed E-state index contributed by atoms with van der Waals surface area (Å²) in [5, 5.41) is 6.44. The van der Waals surface area contributed by atoms with Crippen molar-refractivity contribution in [1.29, 1.82) is 0 Å². The summed E-state index contributed by atoms with van der Waals surface area (Å²) >= 11 is 24.4. The van der Waals surface area contributed by atoms with E-state index in [0.717, 1.165) is 5.39 Å². The van der Waals surface area contributed by atoms with Gasteiger partial charge in [-0.1, -0.05) is 46.4 Å². The average molecular weight is 429 g/mol. The fraction of sp³-hybridized carbons (Fsp3) is 0.0588. The smallest absolute Gasteiger partial charge is 0.231 e. The minimum atomic E-state index is 0.195. The molecule has 26 heavy (non-hydrogen) atoms. The summed E-state index contributed by atoms with van der Waals surface area (Å²) < 4.78 is 10.7. The van der Waals surface area contributed by atoms with E-state index < -0.39 is 0 Å². The largest absolute Gasteiger partial charge is 0.454 e. The molecule has 4 rings (SSSR count). The van der Waals surface area contributed by atoms with Crippen LogP contribution in [0.4, 0.5) is 5.69 Å². The fourth-order valence-corrected chi connectivity index (χ4v) is 3.56. The van der Waals surface area contributed by atoms with Gasteiger partial charge in [0.2, 0.25) is 6.79 Å². The Morgan fingerprint density at radius 2 is 1.65 bits per heavy atom. The van der Waals surface area contributed by atoms with Gasteiger partial charge in [0, 0.05) is 22.0 Å². The first-order valence-electron chi connectivity index (χ1n) is 7.35. The fourth-order valence-electron chi connectivity index (χ4n) is 2.46. The molecule has 0 amide bonds. The number of hydrogen-bond donors (Lipinski definition) is 1. The number of pyridine rings is 1. The van der Waals surface area contributed by atoms with E-state index in [4.69, 9.17) is 55.9 Å². The first kappa shape index (κ1) is 17.5. The summed E-state index contributed by atoms with van der Waals surface area (Å²) in [7, 11) is 0. The maximum atomic E-state index is 6.25. The Morgan fingerprint density at radius 3 is 2.38 bits per heavy atom. The van der Waals surface area contributed by atoms with Crippen molar-refractivity contribution in [2.75, 3.05) is 12.2 Å². The molecule has 0 bridgehead atoms. The summed E-state index contributed by atoms with van der Waals surface area (Å²) in [6.45, 7) is 0.195. The van der Waals surface area contributed by atoms with Crippen molar-refractivity contribution in [3.63, 3.8) is 0 Å².